The normalized spacial score (nSPS) is 12.7. The molecule has 2 rings (SSSR count). The van der Waals surface area contributed by atoms with E-state index >= 15 is 0 Å². The molecule has 0 spiro atoms. The van der Waals surface area contributed by atoms with Crippen LogP contribution in [0.2, 0.25) is 0 Å². The molecule has 18 heavy (non-hydrogen) atoms. The van der Waals surface area contributed by atoms with E-state index in [0.29, 0.717) is 5.69 Å². The summed E-state index contributed by atoms with van der Waals surface area (Å²) in [7, 11) is 0. The van der Waals surface area contributed by atoms with Crippen molar-refractivity contribution in [2.24, 2.45) is 0 Å². The van der Waals surface area contributed by atoms with Crippen LogP contribution in [0.15, 0.2) is 24.7 Å². The summed E-state index contributed by atoms with van der Waals surface area (Å²) in [5.74, 6) is 0.532. The van der Waals surface area contributed by atoms with Crippen molar-refractivity contribution >= 4 is 5.91 Å². The van der Waals surface area contributed by atoms with Crippen LogP contribution in [0.3, 0.4) is 0 Å². The number of H-pyrrole nitrogens is 1. The Morgan fingerprint density at radius 3 is 2.78 bits per heavy atom. The van der Waals surface area contributed by atoms with E-state index < -0.39 is 0 Å². The third-order valence-corrected chi connectivity index (χ3v) is 2.65. The highest BCUT2D eigenvalue weighted by atomic mass is 16.2. The molecule has 2 heterocycles. The van der Waals surface area contributed by atoms with E-state index in [2.05, 4.69) is 20.4 Å². The average Bonchev–Trinajstić information content (AvgIpc) is 3.00. The summed E-state index contributed by atoms with van der Waals surface area (Å²) in [6, 6.07) is 1.79. The van der Waals surface area contributed by atoms with Gasteiger partial charge in [-0.05, 0) is 26.8 Å². The first-order valence-corrected chi connectivity index (χ1v) is 5.93. The van der Waals surface area contributed by atoms with Gasteiger partial charge in [-0.15, -0.1) is 0 Å². The van der Waals surface area contributed by atoms with Crippen molar-refractivity contribution in [3.8, 4) is 0 Å². The van der Waals surface area contributed by atoms with Crippen LogP contribution < -0.4 is 5.32 Å². The van der Waals surface area contributed by atoms with Crippen LogP contribution in [-0.4, -0.2) is 25.7 Å². The van der Waals surface area contributed by atoms with Crippen molar-refractivity contribution in [1.29, 1.82) is 0 Å². The number of imidazole rings is 1. The molecule has 0 aliphatic carbocycles. The Bertz CT molecular complexity index is 514. The summed E-state index contributed by atoms with van der Waals surface area (Å²) >= 11 is 0. The molecule has 1 atom stereocenters. The number of nitrogens with zero attached hydrogens (tertiary/aromatic N) is 3. The van der Waals surface area contributed by atoms with Crippen LogP contribution in [0.4, 0.5) is 0 Å². The Morgan fingerprint density at radius 2 is 2.22 bits per heavy atom. The molecule has 6 heteroatoms. The molecule has 0 radical (unpaired) electrons. The second-order valence-corrected chi connectivity index (χ2v) is 4.44. The Balaban J connectivity index is 2.03. The molecular weight excluding hydrogens is 230 g/mol. The molecule has 0 saturated carbocycles. The van der Waals surface area contributed by atoms with Gasteiger partial charge in [-0.3, -0.25) is 9.48 Å². The van der Waals surface area contributed by atoms with Crippen LogP contribution in [0.1, 0.15) is 49.2 Å². The first-order valence-electron chi connectivity index (χ1n) is 5.93. The summed E-state index contributed by atoms with van der Waals surface area (Å²) in [4.78, 5) is 19.0. The highest BCUT2D eigenvalue weighted by Crippen LogP contribution is 2.08. The lowest BCUT2D eigenvalue weighted by molar-refractivity contribution is 0.0932. The van der Waals surface area contributed by atoms with Gasteiger partial charge in [0.05, 0.1) is 6.04 Å². The Labute approximate surface area is 105 Å². The third kappa shape index (κ3) is 2.58. The highest BCUT2D eigenvalue weighted by molar-refractivity contribution is 5.92. The first-order chi connectivity index (χ1) is 8.58. The topological polar surface area (TPSA) is 75.6 Å². The lowest BCUT2D eigenvalue weighted by Gasteiger charge is -2.10. The molecule has 6 nitrogen and oxygen atoms in total. The molecule has 2 N–H and O–H groups in total. The Morgan fingerprint density at radius 1 is 1.44 bits per heavy atom. The Kier molecular flexibility index (Phi) is 3.45. The minimum Gasteiger partial charge on any atom is -0.347 e. The van der Waals surface area contributed by atoms with Gasteiger partial charge >= 0.3 is 0 Å². The molecule has 0 aliphatic rings. The number of carbonyl (C=O) groups is 1. The predicted molar refractivity (Wildman–Crippen MR) is 67.1 cm³/mol. The molecule has 2 aromatic heterocycles. The number of hydrogen-bond acceptors (Lipinski definition) is 3. The molecule has 2 aromatic rings. The van der Waals surface area contributed by atoms with Crippen LogP contribution in [0.5, 0.6) is 0 Å². The highest BCUT2D eigenvalue weighted by Gasteiger charge is 2.15. The van der Waals surface area contributed by atoms with Crippen LogP contribution in [-0.2, 0) is 0 Å². The number of amides is 1. The van der Waals surface area contributed by atoms with E-state index in [0.717, 1.165) is 5.82 Å². The number of nitrogens with one attached hydrogen (secondary N) is 2. The standard InChI is InChI=1S/C12H17N5O/c1-8(2)17-7-4-10(16-17)12(18)15-9(3)11-13-5-6-14-11/h4-9H,1-3H3,(H,13,14)(H,15,18)/t9-/m0/s1. The van der Waals surface area contributed by atoms with Gasteiger partial charge in [0, 0.05) is 24.6 Å². The molecule has 0 bridgehead atoms. The van der Waals surface area contributed by atoms with Gasteiger partial charge in [0.2, 0.25) is 0 Å². The van der Waals surface area contributed by atoms with Crippen molar-refractivity contribution < 1.29 is 4.79 Å². The van der Waals surface area contributed by atoms with E-state index in [1.54, 1.807) is 29.3 Å². The van der Waals surface area contributed by atoms with Crippen molar-refractivity contribution in [2.45, 2.75) is 32.9 Å². The third-order valence-electron chi connectivity index (χ3n) is 2.65. The molecular formula is C12H17N5O. The zero-order chi connectivity index (χ0) is 13.1. The van der Waals surface area contributed by atoms with Crippen LogP contribution >= 0.6 is 0 Å². The number of rotatable bonds is 4. The van der Waals surface area contributed by atoms with E-state index in [9.17, 15) is 4.79 Å². The van der Waals surface area contributed by atoms with Crippen molar-refractivity contribution in [3.05, 3.63) is 36.2 Å². The van der Waals surface area contributed by atoms with E-state index in [4.69, 9.17) is 0 Å². The van der Waals surface area contributed by atoms with Crippen LogP contribution in [0, 0.1) is 0 Å². The SMILES string of the molecule is CC(C)n1ccc(C(=O)N[C@@H](C)c2ncc[nH]2)n1. The van der Waals surface area contributed by atoms with Gasteiger partial charge in [0.25, 0.3) is 5.91 Å². The van der Waals surface area contributed by atoms with Crippen molar-refractivity contribution in [1.82, 2.24) is 25.1 Å². The zero-order valence-corrected chi connectivity index (χ0v) is 10.7. The maximum Gasteiger partial charge on any atom is 0.272 e. The van der Waals surface area contributed by atoms with E-state index in [1.165, 1.54) is 0 Å². The summed E-state index contributed by atoms with van der Waals surface area (Å²) in [5.41, 5.74) is 0.419. The van der Waals surface area contributed by atoms with Crippen LogP contribution in [0.25, 0.3) is 0 Å². The molecule has 0 unspecified atom stereocenters. The lowest BCUT2D eigenvalue weighted by atomic mass is 10.3. The summed E-state index contributed by atoms with van der Waals surface area (Å²) in [6.45, 7) is 5.90. The van der Waals surface area contributed by atoms with Crippen molar-refractivity contribution in [2.75, 3.05) is 0 Å². The second kappa shape index (κ2) is 5.03. The molecule has 0 aliphatic heterocycles. The molecule has 1 amide bonds. The summed E-state index contributed by atoms with van der Waals surface area (Å²) < 4.78 is 1.76. The number of hydrogen-bond donors (Lipinski definition) is 2. The molecule has 96 valence electrons. The van der Waals surface area contributed by atoms with Gasteiger partial charge < -0.3 is 10.3 Å². The van der Waals surface area contributed by atoms with Gasteiger partial charge in [0.1, 0.15) is 11.5 Å². The fourth-order valence-electron chi connectivity index (χ4n) is 1.60. The first kappa shape index (κ1) is 12.3. The number of aromatic amines is 1. The largest absolute Gasteiger partial charge is 0.347 e. The summed E-state index contributed by atoms with van der Waals surface area (Å²) in [5, 5.41) is 7.06. The quantitative estimate of drug-likeness (QED) is 0.863. The van der Waals surface area contributed by atoms with Gasteiger partial charge in [-0.1, -0.05) is 0 Å². The minimum absolute atomic E-state index is 0.170. The fourth-order valence-corrected chi connectivity index (χ4v) is 1.60. The molecule has 0 fully saturated rings. The van der Waals surface area contributed by atoms with Gasteiger partial charge in [-0.25, -0.2) is 4.98 Å². The smallest absolute Gasteiger partial charge is 0.272 e. The number of aromatic nitrogens is 4. The summed E-state index contributed by atoms with van der Waals surface area (Å²) in [6.07, 6.45) is 5.19. The Hall–Kier alpha value is -2.11. The maximum absolute atomic E-state index is 12.0. The zero-order valence-electron chi connectivity index (χ0n) is 10.7. The van der Waals surface area contributed by atoms with Crippen molar-refractivity contribution in [3.63, 3.8) is 0 Å². The molecule has 0 aromatic carbocycles. The minimum atomic E-state index is -0.196. The average molecular weight is 247 g/mol. The van der Waals surface area contributed by atoms with E-state index in [1.807, 2.05) is 20.8 Å². The molecule has 0 saturated heterocycles. The number of carbonyl (C=O) groups excluding carboxylic acids is 1. The monoisotopic (exact) mass is 247 g/mol. The van der Waals surface area contributed by atoms with Gasteiger partial charge in [-0.2, -0.15) is 5.10 Å². The second-order valence-electron chi connectivity index (χ2n) is 4.44. The fraction of sp³-hybridized carbons (Fsp3) is 0.417. The maximum atomic E-state index is 12.0. The van der Waals surface area contributed by atoms with Gasteiger partial charge in [0.15, 0.2) is 0 Å². The van der Waals surface area contributed by atoms with E-state index in [-0.39, 0.29) is 18.0 Å². The lowest BCUT2D eigenvalue weighted by Crippen LogP contribution is -2.27. The predicted octanol–water partition coefficient (Wildman–Crippen LogP) is 1.68.